The summed E-state index contributed by atoms with van der Waals surface area (Å²) >= 11 is 0. The summed E-state index contributed by atoms with van der Waals surface area (Å²) in [5, 5.41) is 18.1. The lowest BCUT2D eigenvalue weighted by atomic mass is 10.1. The highest BCUT2D eigenvalue weighted by Gasteiger charge is 2.44. The average molecular weight is 1090 g/mol. The largest absolute Gasteiger partial charge is 0.309 e. The molecule has 0 aliphatic carbocycles. The van der Waals surface area contributed by atoms with Crippen molar-refractivity contribution in [3.05, 3.63) is 334 Å². The number of hydrogen-bond acceptors (Lipinski definition) is 0. The predicted octanol–water partition coefficient (Wildman–Crippen LogP) is 13.7. The van der Waals surface area contributed by atoms with E-state index >= 15 is 0 Å². The molecule has 5 heteroatoms. The number of benzene rings is 13. The molecule has 0 aliphatic heterocycles. The van der Waals surface area contributed by atoms with E-state index < -0.39 is 16.1 Å². The molecule has 0 radical (unpaired) electrons. The van der Waals surface area contributed by atoms with E-state index in [1.807, 2.05) is 0 Å². The molecule has 3 heterocycles. The van der Waals surface area contributed by atoms with Crippen LogP contribution in [0.1, 0.15) is 0 Å². The lowest BCUT2D eigenvalue weighted by molar-refractivity contribution is 1.16. The molecule has 0 N–H and O–H groups in total. The molecule has 0 atom stereocenters. The molecule has 3 nitrogen and oxygen atoms in total. The fourth-order valence-electron chi connectivity index (χ4n) is 14.4. The zero-order valence-electron chi connectivity index (χ0n) is 45.6. The fourth-order valence-corrected chi connectivity index (χ4v) is 24.1. The van der Waals surface area contributed by atoms with Crippen molar-refractivity contribution in [2.24, 2.45) is 0 Å². The molecule has 0 saturated heterocycles. The average Bonchev–Trinajstić information content (AvgIpc) is 3.77. The van der Waals surface area contributed by atoms with Gasteiger partial charge >= 0.3 is 0 Å². The Morgan fingerprint density at radius 2 is 0.566 bits per heavy atom. The van der Waals surface area contributed by atoms with E-state index in [1.54, 1.807) is 0 Å². The summed E-state index contributed by atoms with van der Waals surface area (Å²) in [4.78, 5) is 0. The lowest BCUT2D eigenvalue weighted by Crippen LogP contribution is -2.75. The van der Waals surface area contributed by atoms with Crippen molar-refractivity contribution in [1.82, 2.24) is 13.7 Å². The van der Waals surface area contributed by atoms with Crippen molar-refractivity contribution in [2.75, 3.05) is 0 Å². The maximum atomic E-state index is 2.62. The van der Waals surface area contributed by atoms with Gasteiger partial charge in [0.25, 0.3) is 0 Å². The van der Waals surface area contributed by atoms with Crippen molar-refractivity contribution < 1.29 is 0 Å². The highest BCUT2D eigenvalue weighted by Crippen LogP contribution is 2.42. The van der Waals surface area contributed by atoms with Crippen LogP contribution < -0.4 is 41.5 Å². The van der Waals surface area contributed by atoms with Crippen molar-refractivity contribution in [1.29, 1.82) is 0 Å². The Hall–Kier alpha value is -10.3. The Bertz CT molecular complexity index is 4820. The minimum Gasteiger partial charge on any atom is -0.309 e. The van der Waals surface area contributed by atoms with Crippen LogP contribution >= 0.6 is 0 Å². The second-order valence-electron chi connectivity index (χ2n) is 21.9. The standard InChI is InChI=1S/C78H55N3Si2/c1-7-29-58(30-8-1)82(59-31-9-2-10-32-59,60-33-11-3-12-34-60)64-41-25-28-56(54-64)79-70-46-22-21-44-67(70)69-55-57(52-53-73(69)79)80-74-49-27-50-75(81-71-47-23-19-42-65(71)66-43-20-24-48-72(66)81)77(74)68-45-26-51-76(78(68)80)83(61-35-13-4-14-36-61,62-37-15-5-16-38-62)63-39-17-6-18-40-63/h1-55H. The highest BCUT2D eigenvalue weighted by atomic mass is 28.3. The Labute approximate surface area is 484 Å². The third kappa shape index (κ3) is 7.35. The molecular weight excluding hydrogens is 1040 g/mol. The highest BCUT2D eigenvalue weighted by molar-refractivity contribution is 7.21. The van der Waals surface area contributed by atoms with Gasteiger partial charge in [0.1, 0.15) is 0 Å². The van der Waals surface area contributed by atoms with Gasteiger partial charge in [0.15, 0.2) is 16.1 Å². The zero-order chi connectivity index (χ0) is 54.9. The first-order valence-corrected chi connectivity index (χ1v) is 32.8. The van der Waals surface area contributed by atoms with Gasteiger partial charge in [-0.1, -0.05) is 273 Å². The van der Waals surface area contributed by atoms with E-state index in [9.17, 15) is 0 Å². The van der Waals surface area contributed by atoms with Gasteiger partial charge in [-0.15, -0.1) is 0 Å². The minimum atomic E-state index is -3.12. The van der Waals surface area contributed by atoms with Crippen molar-refractivity contribution in [3.63, 3.8) is 0 Å². The van der Waals surface area contributed by atoms with E-state index in [-0.39, 0.29) is 0 Å². The maximum absolute atomic E-state index is 3.12. The van der Waals surface area contributed by atoms with Crippen LogP contribution in [0.5, 0.6) is 0 Å². The number of nitrogens with zero attached hydrogens (tertiary/aromatic N) is 3. The van der Waals surface area contributed by atoms with Gasteiger partial charge in [-0.05, 0) is 102 Å². The van der Waals surface area contributed by atoms with Crippen molar-refractivity contribution in [2.45, 2.75) is 0 Å². The first kappa shape index (κ1) is 48.6. The monoisotopic (exact) mass is 1090 g/mol. The summed E-state index contributed by atoms with van der Waals surface area (Å²) in [6.45, 7) is 0. The fraction of sp³-hybridized carbons (Fsp3) is 0. The minimum absolute atomic E-state index is 1.11. The van der Waals surface area contributed by atoms with Crippen LogP contribution in [0, 0.1) is 0 Å². The van der Waals surface area contributed by atoms with Crippen LogP contribution in [0.15, 0.2) is 334 Å². The van der Waals surface area contributed by atoms with Gasteiger partial charge in [0.05, 0.1) is 38.8 Å². The quantitative estimate of drug-likeness (QED) is 0.0906. The van der Waals surface area contributed by atoms with Crippen LogP contribution in [-0.4, -0.2) is 29.8 Å². The van der Waals surface area contributed by atoms with Crippen molar-refractivity contribution in [3.8, 4) is 17.1 Å². The smallest absolute Gasteiger partial charge is 0.181 e. The predicted molar refractivity (Wildman–Crippen MR) is 357 cm³/mol. The molecule has 0 saturated carbocycles. The summed E-state index contributed by atoms with van der Waals surface area (Å²) in [6.07, 6.45) is 0. The number of aromatic nitrogens is 3. The molecule has 0 unspecified atom stereocenters. The van der Waals surface area contributed by atoms with E-state index in [2.05, 4.69) is 347 Å². The molecule has 0 aliphatic rings. The molecule has 83 heavy (non-hydrogen) atoms. The summed E-state index contributed by atoms with van der Waals surface area (Å²) in [7, 11) is -5.96. The Kier molecular flexibility index (Phi) is 11.6. The van der Waals surface area contributed by atoms with Crippen molar-refractivity contribution >= 4 is 123 Å². The Morgan fingerprint density at radius 1 is 0.205 bits per heavy atom. The molecule has 0 bridgehead atoms. The SMILES string of the molecule is c1ccc([Si](c2ccccc2)(c2ccccc2)c2cccc(-n3c4ccccc4c4cc(-n5c6cccc(-n7c8ccccc8c8ccccc87)c6c6cccc([Si](c7ccccc7)(c7ccccc7)c7ccccc7)c65)ccc43)c2)cc1. The van der Waals surface area contributed by atoms with Crippen LogP contribution in [0.2, 0.25) is 0 Å². The number of para-hydroxylation sites is 4. The second-order valence-corrected chi connectivity index (χ2v) is 29.5. The Morgan fingerprint density at radius 3 is 1.07 bits per heavy atom. The van der Waals surface area contributed by atoms with E-state index in [4.69, 9.17) is 0 Å². The summed E-state index contributed by atoms with van der Waals surface area (Å²) in [5.74, 6) is 0. The van der Waals surface area contributed by atoms with Crippen LogP contribution in [0.3, 0.4) is 0 Å². The molecular formula is C78H55N3Si2. The summed E-state index contributed by atoms with van der Waals surface area (Å²) in [6, 6.07) is 125. The Balaban J connectivity index is 1.00. The first-order valence-electron chi connectivity index (χ1n) is 28.8. The zero-order valence-corrected chi connectivity index (χ0v) is 47.6. The van der Waals surface area contributed by atoms with Gasteiger partial charge in [0, 0.05) is 43.7 Å². The molecule has 16 aromatic rings. The third-order valence-corrected chi connectivity index (χ3v) is 27.3. The summed E-state index contributed by atoms with van der Waals surface area (Å²) < 4.78 is 7.64. The van der Waals surface area contributed by atoms with Gasteiger partial charge in [0.2, 0.25) is 0 Å². The molecule has 16 rings (SSSR count). The summed E-state index contributed by atoms with van der Waals surface area (Å²) in [5.41, 5.74) is 10.5. The molecule has 3 aromatic heterocycles. The first-order chi connectivity index (χ1) is 41.2. The van der Waals surface area contributed by atoms with E-state index in [1.165, 1.54) is 95.9 Å². The molecule has 0 fully saturated rings. The molecule has 13 aromatic carbocycles. The van der Waals surface area contributed by atoms with Gasteiger partial charge in [-0.25, -0.2) is 0 Å². The lowest BCUT2D eigenvalue weighted by Gasteiger charge is -2.35. The van der Waals surface area contributed by atoms with Gasteiger partial charge in [-0.2, -0.15) is 0 Å². The topological polar surface area (TPSA) is 14.8 Å². The second kappa shape index (κ2) is 19.7. The number of rotatable bonds is 11. The van der Waals surface area contributed by atoms with Crippen LogP contribution in [0.25, 0.3) is 82.5 Å². The van der Waals surface area contributed by atoms with Crippen LogP contribution in [0.4, 0.5) is 0 Å². The third-order valence-electron chi connectivity index (χ3n) is 17.7. The number of fused-ring (bicyclic) bond motifs is 9. The molecule has 0 amide bonds. The van der Waals surface area contributed by atoms with Gasteiger partial charge in [-0.3, -0.25) is 0 Å². The van der Waals surface area contributed by atoms with E-state index in [0.29, 0.717) is 0 Å². The number of hydrogen-bond donors (Lipinski definition) is 0. The maximum Gasteiger partial charge on any atom is 0.181 e. The normalized spacial score (nSPS) is 12.1. The van der Waals surface area contributed by atoms with Crippen LogP contribution in [-0.2, 0) is 0 Å². The van der Waals surface area contributed by atoms with Gasteiger partial charge < -0.3 is 13.7 Å². The van der Waals surface area contributed by atoms with E-state index in [0.717, 1.165) is 28.1 Å². The molecule has 390 valence electrons. The molecule has 0 spiro atoms.